The van der Waals surface area contributed by atoms with E-state index in [-0.39, 0.29) is 6.10 Å². The van der Waals surface area contributed by atoms with Crippen LogP contribution in [0.25, 0.3) is 0 Å². The lowest BCUT2D eigenvalue weighted by Crippen LogP contribution is -2.23. The molecule has 0 radical (unpaired) electrons. The maximum absolute atomic E-state index is 9.58. The highest BCUT2D eigenvalue weighted by atomic mass is 16.3. The number of hydrogen-bond acceptors (Lipinski definition) is 3. The van der Waals surface area contributed by atoms with Gasteiger partial charge in [0, 0.05) is 6.54 Å². The Morgan fingerprint density at radius 3 is 3.00 bits per heavy atom. The van der Waals surface area contributed by atoms with Crippen LogP contribution in [-0.2, 0) is 0 Å². The van der Waals surface area contributed by atoms with Gasteiger partial charge in [-0.25, -0.2) is 0 Å². The average Bonchev–Trinajstić information content (AvgIpc) is 2.52. The van der Waals surface area contributed by atoms with Gasteiger partial charge in [-0.05, 0) is 38.3 Å². The Hall–Kier alpha value is -0.120. The molecule has 1 fully saturated rings. The van der Waals surface area contributed by atoms with Crippen molar-refractivity contribution in [1.82, 2.24) is 5.32 Å². The van der Waals surface area contributed by atoms with Crippen LogP contribution >= 0.6 is 0 Å². The van der Waals surface area contributed by atoms with E-state index in [0.717, 1.165) is 32.4 Å². The normalized spacial score (nSPS) is 27.3. The van der Waals surface area contributed by atoms with Gasteiger partial charge in [0.1, 0.15) is 0 Å². The highest BCUT2D eigenvalue weighted by Crippen LogP contribution is 2.15. The van der Waals surface area contributed by atoms with Crippen molar-refractivity contribution in [2.45, 2.75) is 25.4 Å². The minimum absolute atomic E-state index is 0.131. The van der Waals surface area contributed by atoms with E-state index in [1.165, 1.54) is 0 Å². The number of aliphatic hydroxyl groups is 1. The molecule has 11 heavy (non-hydrogen) atoms. The smallest absolute Gasteiger partial charge is 0.0581 e. The summed E-state index contributed by atoms with van der Waals surface area (Å²) in [6, 6.07) is 0. The van der Waals surface area contributed by atoms with E-state index >= 15 is 0 Å². The van der Waals surface area contributed by atoms with E-state index < -0.39 is 0 Å². The first kappa shape index (κ1) is 8.97. The Bertz CT molecular complexity index is 102. The zero-order chi connectivity index (χ0) is 8.10. The van der Waals surface area contributed by atoms with Gasteiger partial charge in [0.2, 0.25) is 0 Å². The number of rotatable bonds is 4. The Kier molecular flexibility index (Phi) is 3.83. The molecule has 0 spiro atoms. The summed E-state index contributed by atoms with van der Waals surface area (Å²) in [5.74, 6) is 0.474. The van der Waals surface area contributed by atoms with Crippen molar-refractivity contribution in [2.24, 2.45) is 11.7 Å². The second-order valence-electron chi connectivity index (χ2n) is 3.25. The summed E-state index contributed by atoms with van der Waals surface area (Å²) < 4.78 is 0. The molecule has 0 bridgehead atoms. The molecule has 1 heterocycles. The first-order valence-corrected chi connectivity index (χ1v) is 4.43. The van der Waals surface area contributed by atoms with E-state index in [4.69, 9.17) is 5.73 Å². The van der Waals surface area contributed by atoms with Crippen molar-refractivity contribution < 1.29 is 5.11 Å². The third kappa shape index (κ3) is 2.77. The first-order valence-electron chi connectivity index (χ1n) is 4.43. The molecule has 0 aromatic carbocycles. The van der Waals surface area contributed by atoms with Crippen LogP contribution in [0, 0.1) is 5.92 Å². The number of nitrogens with two attached hydrogens (primary N) is 1. The van der Waals surface area contributed by atoms with E-state index in [9.17, 15) is 5.11 Å². The molecule has 1 aliphatic heterocycles. The van der Waals surface area contributed by atoms with Gasteiger partial charge < -0.3 is 16.2 Å². The van der Waals surface area contributed by atoms with Gasteiger partial charge in [-0.15, -0.1) is 0 Å². The van der Waals surface area contributed by atoms with Gasteiger partial charge in [0.05, 0.1) is 6.10 Å². The van der Waals surface area contributed by atoms with E-state index in [1.807, 2.05) is 0 Å². The molecule has 2 unspecified atom stereocenters. The van der Waals surface area contributed by atoms with Gasteiger partial charge in [-0.1, -0.05) is 0 Å². The molecule has 1 rings (SSSR count). The highest BCUT2D eigenvalue weighted by Gasteiger charge is 2.21. The third-order valence-electron chi connectivity index (χ3n) is 2.35. The largest absolute Gasteiger partial charge is 0.393 e. The quantitative estimate of drug-likeness (QED) is 0.526. The Balaban J connectivity index is 2.12. The SMILES string of the molecule is NCCCC(O)C1CCNC1. The van der Waals surface area contributed by atoms with Crippen LogP contribution in [0.15, 0.2) is 0 Å². The van der Waals surface area contributed by atoms with Crippen molar-refractivity contribution in [2.75, 3.05) is 19.6 Å². The molecule has 0 saturated carbocycles. The summed E-state index contributed by atoms with van der Waals surface area (Å²) in [7, 11) is 0. The van der Waals surface area contributed by atoms with Gasteiger partial charge in [-0.2, -0.15) is 0 Å². The van der Waals surface area contributed by atoms with Crippen molar-refractivity contribution in [3.05, 3.63) is 0 Å². The van der Waals surface area contributed by atoms with Crippen LogP contribution < -0.4 is 11.1 Å². The topological polar surface area (TPSA) is 58.3 Å². The lowest BCUT2D eigenvalue weighted by atomic mass is 9.98. The second-order valence-corrected chi connectivity index (χ2v) is 3.25. The van der Waals surface area contributed by atoms with E-state index in [1.54, 1.807) is 0 Å². The van der Waals surface area contributed by atoms with Gasteiger partial charge >= 0.3 is 0 Å². The summed E-state index contributed by atoms with van der Waals surface area (Å²) in [6.07, 6.45) is 2.79. The zero-order valence-corrected chi connectivity index (χ0v) is 6.92. The van der Waals surface area contributed by atoms with Crippen molar-refractivity contribution in [3.63, 3.8) is 0 Å². The molecule has 0 amide bonds. The second kappa shape index (κ2) is 4.70. The van der Waals surface area contributed by atoms with E-state index in [0.29, 0.717) is 12.5 Å². The molecule has 66 valence electrons. The molecular formula is C8H18N2O. The molecule has 1 aliphatic rings. The molecule has 2 atom stereocenters. The molecule has 3 nitrogen and oxygen atoms in total. The third-order valence-corrected chi connectivity index (χ3v) is 2.35. The van der Waals surface area contributed by atoms with Gasteiger partial charge in [0.25, 0.3) is 0 Å². The summed E-state index contributed by atoms with van der Waals surface area (Å²) >= 11 is 0. The summed E-state index contributed by atoms with van der Waals surface area (Å²) in [4.78, 5) is 0. The predicted octanol–water partition coefficient (Wildman–Crippen LogP) is -0.304. The monoisotopic (exact) mass is 158 g/mol. The van der Waals surface area contributed by atoms with E-state index in [2.05, 4.69) is 5.32 Å². The summed E-state index contributed by atoms with van der Waals surface area (Å²) in [6.45, 7) is 2.73. The van der Waals surface area contributed by atoms with Crippen LogP contribution in [0.2, 0.25) is 0 Å². The number of nitrogens with one attached hydrogen (secondary N) is 1. The van der Waals surface area contributed by atoms with Crippen molar-refractivity contribution >= 4 is 0 Å². The lowest BCUT2D eigenvalue weighted by molar-refractivity contribution is 0.106. The number of hydrogen-bond donors (Lipinski definition) is 3. The molecule has 1 saturated heterocycles. The lowest BCUT2D eigenvalue weighted by Gasteiger charge is -2.15. The summed E-state index contributed by atoms with van der Waals surface area (Å²) in [5.41, 5.74) is 5.35. The molecule has 4 N–H and O–H groups in total. The molecule has 0 aliphatic carbocycles. The Morgan fingerprint density at radius 2 is 2.45 bits per heavy atom. The number of aliphatic hydroxyl groups excluding tert-OH is 1. The van der Waals surface area contributed by atoms with Crippen LogP contribution in [0.4, 0.5) is 0 Å². The fraction of sp³-hybridized carbons (Fsp3) is 1.00. The van der Waals surface area contributed by atoms with Crippen LogP contribution in [-0.4, -0.2) is 30.8 Å². The molecule has 3 heteroatoms. The van der Waals surface area contributed by atoms with Gasteiger partial charge in [0.15, 0.2) is 0 Å². The maximum Gasteiger partial charge on any atom is 0.0581 e. The van der Waals surface area contributed by atoms with Crippen LogP contribution in [0.3, 0.4) is 0 Å². The van der Waals surface area contributed by atoms with Crippen molar-refractivity contribution in [3.8, 4) is 0 Å². The fourth-order valence-corrected chi connectivity index (χ4v) is 1.57. The standard InChI is InChI=1S/C8H18N2O/c9-4-1-2-8(11)7-3-5-10-6-7/h7-8,10-11H,1-6,9H2. The Morgan fingerprint density at radius 1 is 1.64 bits per heavy atom. The van der Waals surface area contributed by atoms with Gasteiger partial charge in [-0.3, -0.25) is 0 Å². The first-order chi connectivity index (χ1) is 5.34. The molecule has 0 aromatic rings. The zero-order valence-electron chi connectivity index (χ0n) is 6.92. The molecular weight excluding hydrogens is 140 g/mol. The highest BCUT2D eigenvalue weighted by molar-refractivity contribution is 4.77. The minimum Gasteiger partial charge on any atom is -0.393 e. The Labute approximate surface area is 68.0 Å². The van der Waals surface area contributed by atoms with Crippen molar-refractivity contribution in [1.29, 1.82) is 0 Å². The minimum atomic E-state index is -0.131. The summed E-state index contributed by atoms with van der Waals surface area (Å²) in [5, 5.41) is 12.8. The fourth-order valence-electron chi connectivity index (χ4n) is 1.57. The van der Waals surface area contributed by atoms with Crippen LogP contribution in [0.1, 0.15) is 19.3 Å². The average molecular weight is 158 g/mol. The molecule has 0 aromatic heterocycles. The maximum atomic E-state index is 9.58. The van der Waals surface area contributed by atoms with Crippen LogP contribution in [0.5, 0.6) is 0 Å². The predicted molar refractivity (Wildman–Crippen MR) is 45.3 cm³/mol.